The summed E-state index contributed by atoms with van der Waals surface area (Å²) < 4.78 is 12.0. The lowest BCUT2D eigenvalue weighted by molar-refractivity contribution is 0.0969. The zero-order valence-electron chi connectivity index (χ0n) is 14.9. The Morgan fingerprint density at radius 3 is 2.11 bits per heavy atom. The van der Waals surface area contributed by atoms with E-state index in [1.165, 1.54) is 0 Å². The molecule has 5 heteroatoms. The highest BCUT2D eigenvalue weighted by Gasteiger charge is 2.17. The molecule has 0 bridgehead atoms. The van der Waals surface area contributed by atoms with E-state index in [-0.39, 0.29) is 11.3 Å². The summed E-state index contributed by atoms with van der Waals surface area (Å²) in [6.45, 7) is 0. The van der Waals surface area contributed by atoms with E-state index in [1.807, 2.05) is 6.07 Å². The van der Waals surface area contributed by atoms with Crippen LogP contribution in [0.15, 0.2) is 71.5 Å². The monoisotopic (exact) mass is 359 g/mol. The summed E-state index contributed by atoms with van der Waals surface area (Å²) in [5.41, 5.74) is 1.49. The Balaban J connectivity index is 2.06. The molecule has 0 saturated heterocycles. The van der Waals surface area contributed by atoms with E-state index >= 15 is 0 Å². The van der Waals surface area contributed by atoms with E-state index in [1.54, 1.807) is 79.5 Å². The minimum Gasteiger partial charge on any atom is -0.497 e. The molecule has 27 heavy (non-hydrogen) atoms. The van der Waals surface area contributed by atoms with Crippen LogP contribution in [0.3, 0.4) is 0 Å². The van der Waals surface area contributed by atoms with Crippen LogP contribution in [-0.2, 0) is 0 Å². The molecule has 0 fully saturated rings. The molecule has 0 aliphatic carbocycles. The Bertz CT molecular complexity index is 1220. The maximum atomic E-state index is 13.3. The predicted molar refractivity (Wildman–Crippen MR) is 105 cm³/mol. The fraction of sp³-hybridized carbons (Fsp3) is 0.0909. The summed E-state index contributed by atoms with van der Waals surface area (Å²) in [6, 6.07) is 19.2. The summed E-state index contributed by atoms with van der Waals surface area (Å²) in [5, 5.41) is 0.926. The Morgan fingerprint density at radius 1 is 0.778 bits per heavy atom. The third kappa shape index (κ3) is 2.73. The van der Waals surface area contributed by atoms with Crippen molar-refractivity contribution in [2.45, 2.75) is 0 Å². The number of hydrogen-bond donors (Lipinski definition) is 0. The maximum absolute atomic E-state index is 13.3. The lowest BCUT2D eigenvalue weighted by Gasteiger charge is -2.15. The lowest BCUT2D eigenvalue weighted by Crippen LogP contribution is -2.18. The molecule has 0 spiro atoms. The number of pyridine rings is 1. The first-order valence-corrected chi connectivity index (χ1v) is 8.44. The molecule has 0 amide bonds. The standard InChI is InChI=1S/C22H17NO4/c1-26-15-9-7-14(8-10-15)22(25)23-19-6-4-3-5-17(19)21(24)18-13-16(27-2)11-12-20(18)23/h3-13H,1-2H3. The number of aromatic nitrogens is 1. The van der Waals surface area contributed by atoms with Gasteiger partial charge < -0.3 is 9.47 Å². The van der Waals surface area contributed by atoms with Crippen molar-refractivity contribution in [3.05, 3.63) is 82.5 Å². The van der Waals surface area contributed by atoms with Crippen LogP contribution >= 0.6 is 0 Å². The van der Waals surface area contributed by atoms with Gasteiger partial charge in [0.05, 0.1) is 30.6 Å². The van der Waals surface area contributed by atoms with Gasteiger partial charge in [-0.2, -0.15) is 0 Å². The van der Waals surface area contributed by atoms with Gasteiger partial charge in [-0.3, -0.25) is 14.2 Å². The Kier molecular flexibility index (Phi) is 4.12. The fourth-order valence-corrected chi connectivity index (χ4v) is 3.24. The first-order chi connectivity index (χ1) is 13.1. The number of ether oxygens (including phenoxy) is 2. The first kappa shape index (κ1) is 16.8. The minimum absolute atomic E-state index is 0.127. The van der Waals surface area contributed by atoms with E-state index < -0.39 is 0 Å². The third-order valence-electron chi connectivity index (χ3n) is 4.62. The number of benzene rings is 3. The van der Waals surface area contributed by atoms with E-state index in [4.69, 9.17) is 9.47 Å². The Morgan fingerprint density at radius 2 is 1.41 bits per heavy atom. The number of hydrogen-bond acceptors (Lipinski definition) is 4. The molecular weight excluding hydrogens is 342 g/mol. The van der Waals surface area contributed by atoms with Crippen LogP contribution in [0.5, 0.6) is 11.5 Å². The minimum atomic E-state index is -0.219. The molecule has 0 atom stereocenters. The van der Waals surface area contributed by atoms with Crippen LogP contribution in [0, 0.1) is 0 Å². The number of para-hydroxylation sites is 1. The molecule has 0 saturated carbocycles. The zero-order chi connectivity index (χ0) is 19.0. The molecule has 0 radical (unpaired) electrons. The van der Waals surface area contributed by atoms with Crippen molar-refractivity contribution in [1.29, 1.82) is 0 Å². The first-order valence-electron chi connectivity index (χ1n) is 8.44. The topological polar surface area (TPSA) is 57.5 Å². The smallest absolute Gasteiger partial charge is 0.262 e. The van der Waals surface area contributed by atoms with Crippen molar-refractivity contribution in [3.63, 3.8) is 0 Å². The van der Waals surface area contributed by atoms with Crippen molar-refractivity contribution >= 4 is 27.7 Å². The molecule has 134 valence electrons. The second kappa shape index (κ2) is 6.61. The highest BCUT2D eigenvalue weighted by Crippen LogP contribution is 2.24. The second-order valence-electron chi connectivity index (χ2n) is 6.10. The summed E-state index contributed by atoms with van der Waals surface area (Å²) >= 11 is 0. The summed E-state index contributed by atoms with van der Waals surface area (Å²) in [5.74, 6) is 1.02. The van der Waals surface area contributed by atoms with Gasteiger partial charge in [0, 0.05) is 10.9 Å². The fourth-order valence-electron chi connectivity index (χ4n) is 3.24. The van der Waals surface area contributed by atoms with Crippen molar-refractivity contribution in [1.82, 2.24) is 4.57 Å². The van der Waals surface area contributed by atoms with Crippen molar-refractivity contribution in [3.8, 4) is 11.5 Å². The second-order valence-corrected chi connectivity index (χ2v) is 6.10. The number of methoxy groups -OCH3 is 2. The van der Waals surface area contributed by atoms with Crippen LogP contribution in [-0.4, -0.2) is 24.7 Å². The highest BCUT2D eigenvalue weighted by atomic mass is 16.5. The quantitative estimate of drug-likeness (QED) is 0.521. The van der Waals surface area contributed by atoms with Gasteiger partial charge in [-0.25, -0.2) is 0 Å². The van der Waals surface area contributed by atoms with Crippen LogP contribution in [0.4, 0.5) is 0 Å². The maximum Gasteiger partial charge on any atom is 0.262 e. The van der Waals surface area contributed by atoms with Crippen molar-refractivity contribution in [2.24, 2.45) is 0 Å². The Hall–Kier alpha value is -3.60. The molecule has 3 aromatic carbocycles. The number of carbonyl (C=O) groups is 1. The third-order valence-corrected chi connectivity index (χ3v) is 4.62. The summed E-state index contributed by atoms with van der Waals surface area (Å²) in [6.07, 6.45) is 0. The summed E-state index contributed by atoms with van der Waals surface area (Å²) in [7, 11) is 3.12. The normalized spacial score (nSPS) is 10.9. The van der Waals surface area contributed by atoms with Gasteiger partial charge in [0.1, 0.15) is 11.5 Å². The van der Waals surface area contributed by atoms with Gasteiger partial charge in [-0.1, -0.05) is 12.1 Å². The SMILES string of the molecule is COc1ccc(C(=O)n2c3ccccc3c(=O)c3cc(OC)ccc32)cc1. The average Bonchev–Trinajstić information content (AvgIpc) is 2.73. The van der Waals surface area contributed by atoms with Crippen LogP contribution in [0.2, 0.25) is 0 Å². The van der Waals surface area contributed by atoms with Gasteiger partial charge in [-0.15, -0.1) is 0 Å². The van der Waals surface area contributed by atoms with E-state index in [2.05, 4.69) is 0 Å². The number of nitrogens with zero attached hydrogens (tertiary/aromatic N) is 1. The molecule has 0 unspecified atom stereocenters. The highest BCUT2D eigenvalue weighted by molar-refractivity contribution is 6.08. The molecule has 1 aromatic heterocycles. The number of carbonyl (C=O) groups excluding carboxylic acids is 1. The summed E-state index contributed by atoms with van der Waals surface area (Å²) in [4.78, 5) is 26.3. The number of fused-ring (bicyclic) bond motifs is 2. The van der Waals surface area contributed by atoms with Gasteiger partial charge in [0.2, 0.25) is 0 Å². The molecule has 0 aliphatic rings. The molecule has 0 N–H and O–H groups in total. The molecular formula is C22H17NO4. The van der Waals surface area contributed by atoms with E-state index in [9.17, 15) is 9.59 Å². The Labute approximate surface area is 155 Å². The van der Waals surface area contributed by atoms with Crippen molar-refractivity contribution in [2.75, 3.05) is 14.2 Å². The molecule has 5 nitrogen and oxygen atoms in total. The van der Waals surface area contributed by atoms with Gasteiger partial charge in [-0.05, 0) is 54.6 Å². The zero-order valence-corrected chi connectivity index (χ0v) is 14.9. The van der Waals surface area contributed by atoms with Gasteiger partial charge >= 0.3 is 0 Å². The molecule has 1 heterocycles. The number of rotatable bonds is 3. The van der Waals surface area contributed by atoms with Gasteiger partial charge in [0.25, 0.3) is 5.91 Å². The largest absolute Gasteiger partial charge is 0.497 e. The molecule has 0 aliphatic heterocycles. The predicted octanol–water partition coefficient (Wildman–Crippen LogP) is 3.86. The lowest BCUT2D eigenvalue weighted by atomic mass is 10.1. The van der Waals surface area contributed by atoms with E-state index in [0.717, 1.165) is 0 Å². The van der Waals surface area contributed by atoms with Crippen LogP contribution in [0.1, 0.15) is 10.4 Å². The van der Waals surface area contributed by atoms with Crippen LogP contribution < -0.4 is 14.9 Å². The molecule has 4 aromatic rings. The van der Waals surface area contributed by atoms with Crippen LogP contribution in [0.25, 0.3) is 21.8 Å². The molecule has 4 rings (SSSR count). The van der Waals surface area contributed by atoms with Gasteiger partial charge in [0.15, 0.2) is 5.43 Å². The van der Waals surface area contributed by atoms with Crippen molar-refractivity contribution < 1.29 is 14.3 Å². The van der Waals surface area contributed by atoms with E-state index in [0.29, 0.717) is 38.9 Å². The average molecular weight is 359 g/mol.